The number of rotatable bonds is 6. The lowest BCUT2D eigenvalue weighted by Crippen LogP contribution is -2.41. The molecule has 2 aromatic rings. The summed E-state index contributed by atoms with van der Waals surface area (Å²) < 4.78 is 43.8. The van der Waals surface area contributed by atoms with Crippen molar-refractivity contribution in [3.8, 4) is 11.5 Å². The van der Waals surface area contributed by atoms with Crippen molar-refractivity contribution >= 4 is 27.5 Å². The van der Waals surface area contributed by atoms with Crippen LogP contribution < -0.4 is 14.8 Å². The van der Waals surface area contributed by atoms with E-state index >= 15 is 0 Å². The highest BCUT2D eigenvalue weighted by atomic mass is 35.5. The standard InChI is InChI=1S/C21H23ClN2O6S/c22-17-11-15(12-18-21(17)30-10-9-29-18)13-20(25)23-14-16-3-1-2-4-19(16)31(26,27)24-5-7-28-8-6-24/h1-4,11-12H,5-10,13-14H2,(H,23,25). The van der Waals surface area contributed by atoms with Gasteiger partial charge in [-0.25, -0.2) is 8.42 Å². The maximum absolute atomic E-state index is 13.0. The topological polar surface area (TPSA) is 94.2 Å². The van der Waals surface area contributed by atoms with E-state index < -0.39 is 10.0 Å². The predicted octanol–water partition coefficient (Wildman–Crippen LogP) is 1.99. The van der Waals surface area contributed by atoms with Crippen LogP contribution in [0.5, 0.6) is 11.5 Å². The number of hydrogen-bond acceptors (Lipinski definition) is 6. The average molecular weight is 467 g/mol. The van der Waals surface area contributed by atoms with E-state index in [1.807, 2.05) is 0 Å². The highest BCUT2D eigenvalue weighted by molar-refractivity contribution is 7.89. The predicted molar refractivity (Wildman–Crippen MR) is 114 cm³/mol. The minimum Gasteiger partial charge on any atom is -0.486 e. The maximum Gasteiger partial charge on any atom is 0.243 e. The molecule has 0 saturated carbocycles. The highest BCUT2D eigenvalue weighted by Gasteiger charge is 2.28. The van der Waals surface area contributed by atoms with Crippen molar-refractivity contribution in [1.29, 1.82) is 0 Å². The average Bonchev–Trinajstić information content (AvgIpc) is 2.78. The number of benzene rings is 2. The highest BCUT2D eigenvalue weighted by Crippen LogP contribution is 2.38. The van der Waals surface area contributed by atoms with Crippen LogP contribution in [-0.4, -0.2) is 58.1 Å². The first-order valence-electron chi connectivity index (χ1n) is 9.95. The van der Waals surface area contributed by atoms with E-state index in [0.717, 1.165) is 0 Å². The summed E-state index contributed by atoms with van der Waals surface area (Å²) >= 11 is 6.23. The molecular formula is C21H23ClN2O6S. The zero-order valence-corrected chi connectivity index (χ0v) is 18.4. The van der Waals surface area contributed by atoms with Crippen LogP contribution in [0.2, 0.25) is 5.02 Å². The lowest BCUT2D eigenvalue weighted by molar-refractivity contribution is -0.120. The van der Waals surface area contributed by atoms with Crippen molar-refractivity contribution < 1.29 is 27.4 Å². The molecule has 0 unspecified atom stereocenters. The number of amides is 1. The fourth-order valence-electron chi connectivity index (χ4n) is 3.54. The van der Waals surface area contributed by atoms with Crippen LogP contribution in [0, 0.1) is 0 Å². The van der Waals surface area contributed by atoms with E-state index in [9.17, 15) is 13.2 Å². The molecule has 2 aliphatic heterocycles. The molecule has 0 atom stereocenters. The van der Waals surface area contributed by atoms with Crippen LogP contribution in [0.3, 0.4) is 0 Å². The fourth-order valence-corrected chi connectivity index (χ4v) is 5.45. The Labute approximate surface area is 186 Å². The molecule has 0 spiro atoms. The first-order valence-corrected chi connectivity index (χ1v) is 11.8. The Morgan fingerprint density at radius 2 is 1.81 bits per heavy atom. The molecule has 1 fully saturated rings. The molecule has 1 saturated heterocycles. The van der Waals surface area contributed by atoms with E-state index in [1.165, 1.54) is 4.31 Å². The molecule has 0 aliphatic carbocycles. The molecule has 4 rings (SSSR count). The maximum atomic E-state index is 13.0. The second-order valence-corrected chi connectivity index (χ2v) is 9.49. The number of fused-ring (bicyclic) bond motifs is 1. The minimum atomic E-state index is -3.66. The molecule has 10 heteroatoms. The number of ether oxygens (including phenoxy) is 3. The molecule has 2 heterocycles. The normalized spacial score (nSPS) is 16.7. The lowest BCUT2D eigenvalue weighted by Gasteiger charge is -2.27. The van der Waals surface area contributed by atoms with Gasteiger partial charge in [-0.3, -0.25) is 4.79 Å². The van der Waals surface area contributed by atoms with Crippen molar-refractivity contribution in [2.75, 3.05) is 39.5 Å². The Hall–Kier alpha value is -2.33. The Bertz CT molecular complexity index is 1070. The van der Waals surface area contributed by atoms with Crippen molar-refractivity contribution in [3.63, 3.8) is 0 Å². The van der Waals surface area contributed by atoms with Gasteiger partial charge in [0.1, 0.15) is 13.2 Å². The van der Waals surface area contributed by atoms with Gasteiger partial charge in [0.05, 0.1) is 29.6 Å². The number of hydrogen-bond donors (Lipinski definition) is 1. The molecule has 0 radical (unpaired) electrons. The molecule has 31 heavy (non-hydrogen) atoms. The Morgan fingerprint density at radius 1 is 1.06 bits per heavy atom. The van der Waals surface area contributed by atoms with Crippen LogP contribution in [0.4, 0.5) is 0 Å². The van der Waals surface area contributed by atoms with Gasteiger partial charge < -0.3 is 19.5 Å². The largest absolute Gasteiger partial charge is 0.486 e. The van der Waals surface area contributed by atoms with Gasteiger partial charge in [-0.2, -0.15) is 4.31 Å². The van der Waals surface area contributed by atoms with Gasteiger partial charge in [0.15, 0.2) is 11.5 Å². The van der Waals surface area contributed by atoms with Gasteiger partial charge in [0.2, 0.25) is 15.9 Å². The summed E-state index contributed by atoms with van der Waals surface area (Å²) in [7, 11) is -3.66. The van der Waals surface area contributed by atoms with E-state index in [-0.39, 0.29) is 23.8 Å². The van der Waals surface area contributed by atoms with Crippen LogP contribution in [-0.2, 0) is 32.5 Å². The molecule has 2 aliphatic rings. The molecule has 8 nitrogen and oxygen atoms in total. The van der Waals surface area contributed by atoms with Gasteiger partial charge >= 0.3 is 0 Å². The summed E-state index contributed by atoms with van der Waals surface area (Å²) in [4.78, 5) is 12.7. The van der Waals surface area contributed by atoms with E-state index in [4.69, 9.17) is 25.8 Å². The molecule has 0 aromatic heterocycles. The second kappa shape index (κ2) is 9.44. The number of carbonyl (C=O) groups is 1. The zero-order chi connectivity index (χ0) is 21.8. The third-order valence-electron chi connectivity index (χ3n) is 5.06. The summed E-state index contributed by atoms with van der Waals surface area (Å²) in [5.41, 5.74) is 1.21. The third kappa shape index (κ3) is 4.95. The first-order chi connectivity index (χ1) is 14.9. The number of carbonyl (C=O) groups excluding carboxylic acids is 1. The SMILES string of the molecule is O=C(Cc1cc(Cl)c2c(c1)OCCO2)NCc1ccccc1S(=O)(=O)N1CCOCC1. The Balaban J connectivity index is 1.44. The summed E-state index contributed by atoms with van der Waals surface area (Å²) in [6.07, 6.45) is 0.0781. The zero-order valence-electron chi connectivity index (χ0n) is 16.8. The van der Waals surface area contributed by atoms with Crippen molar-refractivity contribution in [2.45, 2.75) is 17.9 Å². The Kier molecular flexibility index (Phi) is 6.66. The van der Waals surface area contributed by atoms with Crippen LogP contribution in [0.1, 0.15) is 11.1 Å². The van der Waals surface area contributed by atoms with Gasteiger partial charge in [0, 0.05) is 19.6 Å². The van der Waals surface area contributed by atoms with Crippen LogP contribution >= 0.6 is 11.6 Å². The number of nitrogens with zero attached hydrogens (tertiary/aromatic N) is 1. The quantitative estimate of drug-likeness (QED) is 0.699. The monoisotopic (exact) mass is 466 g/mol. The number of morpholine rings is 1. The molecule has 166 valence electrons. The van der Waals surface area contributed by atoms with Gasteiger partial charge in [-0.15, -0.1) is 0 Å². The van der Waals surface area contributed by atoms with E-state index in [2.05, 4.69) is 5.32 Å². The van der Waals surface area contributed by atoms with Crippen LogP contribution in [0.15, 0.2) is 41.3 Å². The smallest absolute Gasteiger partial charge is 0.243 e. The summed E-state index contributed by atoms with van der Waals surface area (Å²) in [6.45, 7) is 2.32. The van der Waals surface area contributed by atoms with Gasteiger partial charge in [-0.1, -0.05) is 29.8 Å². The number of nitrogens with one attached hydrogen (secondary N) is 1. The second-order valence-electron chi connectivity index (χ2n) is 7.18. The van der Waals surface area contributed by atoms with Gasteiger partial charge in [-0.05, 0) is 29.3 Å². The molecule has 2 aromatic carbocycles. The molecule has 1 N–H and O–H groups in total. The summed E-state index contributed by atoms with van der Waals surface area (Å²) in [5.74, 6) is 0.745. The van der Waals surface area contributed by atoms with E-state index in [0.29, 0.717) is 67.2 Å². The number of sulfonamides is 1. The molecule has 0 bridgehead atoms. The number of halogens is 1. The Morgan fingerprint density at radius 3 is 2.61 bits per heavy atom. The van der Waals surface area contributed by atoms with Gasteiger partial charge in [0.25, 0.3) is 0 Å². The third-order valence-corrected chi connectivity index (χ3v) is 7.34. The minimum absolute atomic E-state index is 0.0781. The first kappa shape index (κ1) is 21.9. The summed E-state index contributed by atoms with van der Waals surface area (Å²) in [5, 5.41) is 3.19. The van der Waals surface area contributed by atoms with Crippen molar-refractivity contribution in [3.05, 3.63) is 52.5 Å². The van der Waals surface area contributed by atoms with Crippen molar-refractivity contribution in [1.82, 2.24) is 9.62 Å². The van der Waals surface area contributed by atoms with E-state index in [1.54, 1.807) is 36.4 Å². The van der Waals surface area contributed by atoms with Crippen LogP contribution in [0.25, 0.3) is 0 Å². The molecule has 1 amide bonds. The fraction of sp³-hybridized carbons (Fsp3) is 0.381. The molecular weight excluding hydrogens is 444 g/mol. The van der Waals surface area contributed by atoms with Crippen molar-refractivity contribution in [2.24, 2.45) is 0 Å². The lowest BCUT2D eigenvalue weighted by atomic mass is 10.1. The summed E-state index contributed by atoms with van der Waals surface area (Å²) in [6, 6.07) is 10.1.